The maximum absolute atomic E-state index is 13.2. The van der Waals surface area contributed by atoms with Crippen LogP contribution in [-0.2, 0) is 14.3 Å². The summed E-state index contributed by atoms with van der Waals surface area (Å²) in [5.41, 5.74) is 2.53. The minimum atomic E-state index is -0.515. The summed E-state index contributed by atoms with van der Waals surface area (Å²) in [6.07, 6.45) is 1.68. The van der Waals surface area contributed by atoms with Gasteiger partial charge in [-0.1, -0.05) is 24.3 Å². The molecule has 2 aromatic carbocycles. The lowest BCUT2D eigenvalue weighted by molar-refractivity contribution is -0.138. The van der Waals surface area contributed by atoms with Crippen LogP contribution in [0.4, 0.5) is 5.69 Å². The first-order valence-corrected chi connectivity index (χ1v) is 8.99. The largest absolute Gasteiger partial charge is 0.462 e. The second kappa shape index (κ2) is 7.23. The highest BCUT2D eigenvalue weighted by molar-refractivity contribution is 6.23. The van der Waals surface area contributed by atoms with E-state index in [1.807, 2.05) is 36.4 Å². The molecule has 6 heteroatoms. The molecule has 2 aromatic rings. The molecule has 28 heavy (non-hydrogen) atoms. The van der Waals surface area contributed by atoms with Crippen molar-refractivity contribution in [3.8, 4) is 11.5 Å². The van der Waals surface area contributed by atoms with E-state index in [2.05, 4.69) is 0 Å². The van der Waals surface area contributed by atoms with Crippen molar-refractivity contribution in [1.82, 2.24) is 0 Å². The molecule has 2 heterocycles. The molecular formula is C22H19NO5. The van der Waals surface area contributed by atoms with Gasteiger partial charge in [-0.25, -0.2) is 4.79 Å². The number of hydrogen-bond acceptors (Lipinski definition) is 5. The van der Waals surface area contributed by atoms with Crippen molar-refractivity contribution in [2.45, 2.75) is 13.8 Å². The number of carbonyl (C=O) groups is 2. The van der Waals surface area contributed by atoms with Gasteiger partial charge in [0.25, 0.3) is 5.91 Å². The average molecular weight is 377 g/mol. The zero-order chi connectivity index (χ0) is 19.7. The molecule has 2 aliphatic heterocycles. The normalized spacial score (nSPS) is 16.9. The second-order valence-corrected chi connectivity index (χ2v) is 6.33. The first kappa shape index (κ1) is 17.9. The number of benzene rings is 2. The molecule has 0 aromatic heterocycles. The van der Waals surface area contributed by atoms with Crippen LogP contribution in [0.25, 0.3) is 6.08 Å². The van der Waals surface area contributed by atoms with Gasteiger partial charge in [-0.15, -0.1) is 0 Å². The molecule has 0 N–H and O–H groups in total. The second-order valence-electron chi connectivity index (χ2n) is 6.33. The lowest BCUT2D eigenvalue weighted by Crippen LogP contribution is -2.24. The van der Waals surface area contributed by atoms with Crippen LogP contribution in [0.1, 0.15) is 19.4 Å². The van der Waals surface area contributed by atoms with E-state index >= 15 is 0 Å². The van der Waals surface area contributed by atoms with E-state index in [0.717, 1.165) is 5.56 Å². The van der Waals surface area contributed by atoms with Gasteiger partial charge in [0.1, 0.15) is 0 Å². The van der Waals surface area contributed by atoms with Crippen molar-refractivity contribution < 1.29 is 23.8 Å². The van der Waals surface area contributed by atoms with E-state index in [9.17, 15) is 9.59 Å². The molecule has 6 nitrogen and oxygen atoms in total. The fourth-order valence-corrected chi connectivity index (χ4v) is 3.34. The van der Waals surface area contributed by atoms with Gasteiger partial charge in [0.05, 0.1) is 17.8 Å². The maximum atomic E-state index is 13.2. The van der Waals surface area contributed by atoms with Gasteiger partial charge >= 0.3 is 5.97 Å². The van der Waals surface area contributed by atoms with Crippen molar-refractivity contribution in [2.24, 2.45) is 0 Å². The Bertz CT molecular complexity index is 1010. The molecule has 0 saturated heterocycles. The summed E-state index contributed by atoms with van der Waals surface area (Å²) in [6, 6.07) is 14.6. The number of rotatable bonds is 4. The zero-order valence-corrected chi connectivity index (χ0v) is 15.6. The number of fused-ring (bicyclic) bond motifs is 1. The van der Waals surface area contributed by atoms with Crippen LogP contribution in [0.15, 0.2) is 65.4 Å². The van der Waals surface area contributed by atoms with E-state index in [4.69, 9.17) is 14.2 Å². The summed E-state index contributed by atoms with van der Waals surface area (Å²) in [7, 11) is 0. The van der Waals surface area contributed by atoms with Crippen molar-refractivity contribution in [1.29, 1.82) is 0 Å². The monoisotopic (exact) mass is 377 g/mol. The molecule has 0 unspecified atom stereocenters. The van der Waals surface area contributed by atoms with Gasteiger partial charge in [0.2, 0.25) is 6.79 Å². The van der Waals surface area contributed by atoms with Crippen LogP contribution in [0.2, 0.25) is 0 Å². The average Bonchev–Trinajstić information content (AvgIpc) is 3.25. The Morgan fingerprint density at radius 2 is 1.89 bits per heavy atom. The summed E-state index contributed by atoms with van der Waals surface area (Å²) >= 11 is 0. The Morgan fingerprint density at radius 3 is 2.64 bits per heavy atom. The number of carbonyl (C=O) groups excluding carboxylic acids is 2. The first-order valence-electron chi connectivity index (χ1n) is 8.99. The zero-order valence-electron chi connectivity index (χ0n) is 15.6. The Hall–Kier alpha value is -3.54. The Balaban J connectivity index is 1.80. The number of anilines is 1. The van der Waals surface area contributed by atoms with Gasteiger partial charge in [-0.3, -0.25) is 9.69 Å². The van der Waals surface area contributed by atoms with Crippen molar-refractivity contribution in [3.63, 3.8) is 0 Å². The summed E-state index contributed by atoms with van der Waals surface area (Å²) in [6.45, 7) is 3.88. The van der Waals surface area contributed by atoms with Gasteiger partial charge in [-0.2, -0.15) is 0 Å². The lowest BCUT2D eigenvalue weighted by Gasteiger charge is -2.17. The number of hydrogen-bond donors (Lipinski definition) is 0. The van der Waals surface area contributed by atoms with Crippen LogP contribution >= 0.6 is 0 Å². The summed E-state index contributed by atoms with van der Waals surface area (Å²) < 4.78 is 15.9. The van der Waals surface area contributed by atoms with Crippen LogP contribution < -0.4 is 14.4 Å². The van der Waals surface area contributed by atoms with Crippen molar-refractivity contribution >= 4 is 23.6 Å². The van der Waals surface area contributed by atoms with E-state index in [0.29, 0.717) is 28.5 Å². The number of esters is 1. The van der Waals surface area contributed by atoms with Gasteiger partial charge in [-0.05, 0) is 49.8 Å². The van der Waals surface area contributed by atoms with Gasteiger partial charge < -0.3 is 14.2 Å². The van der Waals surface area contributed by atoms with Gasteiger partial charge in [0.15, 0.2) is 11.5 Å². The molecule has 4 rings (SSSR count). The third kappa shape index (κ3) is 3.03. The highest BCUT2D eigenvalue weighted by Gasteiger charge is 2.38. The molecule has 0 fully saturated rings. The topological polar surface area (TPSA) is 65.1 Å². The standard InChI is InChI=1S/C22H19NO5/c1-3-26-22(25)20-14(2)23(16-7-5-4-6-8-16)21(24)17(20)11-15-9-10-18-19(12-15)28-13-27-18/h4-12H,3,13H2,1-2H3. The fourth-order valence-electron chi connectivity index (χ4n) is 3.34. The number of para-hydroxylation sites is 1. The molecule has 2 aliphatic rings. The molecule has 0 radical (unpaired) electrons. The smallest absolute Gasteiger partial charge is 0.340 e. The van der Waals surface area contributed by atoms with Crippen molar-refractivity contribution in [3.05, 3.63) is 70.9 Å². The Kier molecular flexibility index (Phi) is 4.61. The Morgan fingerprint density at radius 1 is 1.14 bits per heavy atom. The van der Waals surface area contributed by atoms with E-state index in [1.54, 1.807) is 32.1 Å². The Labute approximate surface area is 162 Å². The number of nitrogens with zero attached hydrogens (tertiary/aromatic N) is 1. The van der Waals surface area contributed by atoms with Crippen LogP contribution in [0.5, 0.6) is 11.5 Å². The maximum Gasteiger partial charge on any atom is 0.340 e. The third-order valence-corrected chi connectivity index (χ3v) is 4.60. The highest BCUT2D eigenvalue weighted by atomic mass is 16.7. The van der Waals surface area contributed by atoms with E-state index in [-0.39, 0.29) is 24.9 Å². The molecule has 142 valence electrons. The number of allylic oxidation sites excluding steroid dienone is 1. The third-order valence-electron chi connectivity index (χ3n) is 4.60. The molecular weight excluding hydrogens is 358 g/mol. The predicted octanol–water partition coefficient (Wildman–Crippen LogP) is 3.68. The number of amides is 1. The molecule has 0 spiro atoms. The van der Waals surface area contributed by atoms with E-state index < -0.39 is 5.97 Å². The SMILES string of the molecule is CCOC(=O)C1=C(C)N(c2ccccc2)C(=O)C1=Cc1ccc2c(c1)OCO2. The predicted molar refractivity (Wildman–Crippen MR) is 104 cm³/mol. The first-order chi connectivity index (χ1) is 13.6. The van der Waals surface area contributed by atoms with Crippen LogP contribution in [0.3, 0.4) is 0 Å². The molecule has 0 aliphatic carbocycles. The summed E-state index contributed by atoms with van der Waals surface area (Å²) in [5.74, 6) is 0.476. The minimum Gasteiger partial charge on any atom is -0.462 e. The number of ether oxygens (including phenoxy) is 3. The minimum absolute atomic E-state index is 0.170. The van der Waals surface area contributed by atoms with Crippen LogP contribution in [-0.4, -0.2) is 25.3 Å². The summed E-state index contributed by atoms with van der Waals surface area (Å²) in [4.78, 5) is 27.4. The highest BCUT2D eigenvalue weighted by Crippen LogP contribution is 2.37. The molecule has 0 bridgehead atoms. The molecule has 0 atom stereocenters. The quantitative estimate of drug-likeness (QED) is 0.601. The van der Waals surface area contributed by atoms with Gasteiger partial charge in [0, 0.05) is 11.4 Å². The lowest BCUT2D eigenvalue weighted by atomic mass is 10.0. The summed E-state index contributed by atoms with van der Waals surface area (Å²) in [5, 5.41) is 0. The fraction of sp³-hybridized carbons (Fsp3) is 0.182. The molecule has 1 amide bonds. The van der Waals surface area contributed by atoms with Crippen molar-refractivity contribution in [2.75, 3.05) is 18.3 Å². The van der Waals surface area contributed by atoms with Crippen LogP contribution in [0, 0.1) is 0 Å². The molecule has 0 saturated carbocycles. The van der Waals surface area contributed by atoms with E-state index in [1.165, 1.54) is 4.90 Å².